The van der Waals surface area contributed by atoms with E-state index in [0.717, 1.165) is 7.11 Å². The number of hydrogen-bond acceptors (Lipinski definition) is 5. The summed E-state index contributed by atoms with van der Waals surface area (Å²) in [7, 11) is 1.00. The van der Waals surface area contributed by atoms with Crippen molar-refractivity contribution in [3.8, 4) is 0 Å². The highest BCUT2D eigenvalue weighted by molar-refractivity contribution is 5.56. The van der Waals surface area contributed by atoms with Gasteiger partial charge in [-0.1, -0.05) is 0 Å². The molecule has 2 atom stereocenters. The van der Waals surface area contributed by atoms with Crippen LogP contribution in [0, 0.1) is 0 Å². The minimum Gasteiger partial charge on any atom is -0.400 e. The first-order valence-electron chi connectivity index (χ1n) is 3.74. The summed E-state index contributed by atoms with van der Waals surface area (Å²) in [5, 5.41) is 15.9. The van der Waals surface area contributed by atoms with Crippen LogP contribution < -0.4 is 11.5 Å². The molecule has 12 heavy (non-hydrogen) atoms. The van der Waals surface area contributed by atoms with E-state index < -0.39 is 12.1 Å². The topological polar surface area (TPSA) is 110 Å². The highest BCUT2D eigenvalue weighted by atomic mass is 16.3. The lowest BCUT2D eigenvalue weighted by Gasteiger charge is -2.07. The Kier molecular flexibility index (Phi) is 12.3. The first-order chi connectivity index (χ1) is 5.70. The zero-order valence-corrected chi connectivity index (χ0v) is 7.31. The second-order valence-electron chi connectivity index (χ2n) is 2.27. The van der Waals surface area contributed by atoms with Crippen LogP contribution in [0.3, 0.4) is 0 Å². The first-order valence-corrected chi connectivity index (χ1v) is 3.74. The van der Waals surface area contributed by atoms with E-state index in [2.05, 4.69) is 0 Å². The number of rotatable bonds is 5. The van der Waals surface area contributed by atoms with Crippen molar-refractivity contribution in [2.75, 3.05) is 13.7 Å². The van der Waals surface area contributed by atoms with E-state index in [0.29, 0.717) is 19.1 Å². The maximum absolute atomic E-state index is 9.97. The number of nitrogens with two attached hydrogens (primary N) is 2. The Balaban J connectivity index is 0. The average Bonchev–Trinajstić information content (AvgIpc) is 2.16. The van der Waals surface area contributed by atoms with Gasteiger partial charge in [0.15, 0.2) is 0 Å². The quantitative estimate of drug-likeness (QED) is 0.372. The van der Waals surface area contributed by atoms with Crippen molar-refractivity contribution in [2.45, 2.75) is 25.0 Å². The van der Waals surface area contributed by atoms with Gasteiger partial charge >= 0.3 is 0 Å². The van der Waals surface area contributed by atoms with Gasteiger partial charge in [0, 0.05) is 13.7 Å². The van der Waals surface area contributed by atoms with E-state index in [1.54, 1.807) is 0 Å². The Morgan fingerprint density at radius 1 is 1.42 bits per heavy atom. The minimum absolute atomic E-state index is 0.228. The van der Waals surface area contributed by atoms with Crippen LogP contribution in [0.15, 0.2) is 0 Å². The zero-order valence-electron chi connectivity index (χ0n) is 7.31. The van der Waals surface area contributed by atoms with Crippen molar-refractivity contribution in [3.63, 3.8) is 0 Å². The van der Waals surface area contributed by atoms with Gasteiger partial charge in [0.2, 0.25) is 0 Å². The smallest absolute Gasteiger partial charge is 0.136 e. The van der Waals surface area contributed by atoms with Gasteiger partial charge in [0.1, 0.15) is 6.29 Å². The van der Waals surface area contributed by atoms with Crippen molar-refractivity contribution in [2.24, 2.45) is 11.5 Å². The van der Waals surface area contributed by atoms with Gasteiger partial charge in [0.25, 0.3) is 0 Å². The van der Waals surface area contributed by atoms with E-state index in [1.165, 1.54) is 0 Å². The minimum atomic E-state index is -0.522. The summed E-state index contributed by atoms with van der Waals surface area (Å²) < 4.78 is 0. The fourth-order valence-corrected chi connectivity index (χ4v) is 0.571. The molecule has 0 aliphatic rings. The van der Waals surface area contributed by atoms with Gasteiger partial charge in [-0.15, -0.1) is 0 Å². The number of aliphatic hydroxyl groups excluding tert-OH is 2. The van der Waals surface area contributed by atoms with E-state index in [4.69, 9.17) is 21.7 Å². The molecule has 0 amide bonds. The Bertz CT molecular complexity index is 101. The highest BCUT2D eigenvalue weighted by Gasteiger charge is 2.04. The molecular weight excluding hydrogens is 160 g/mol. The third-order valence-corrected chi connectivity index (χ3v) is 1.28. The SMILES string of the molecule is CO.NCC(O)CCC(N)C=O. The Labute approximate surface area is 72.4 Å². The van der Waals surface area contributed by atoms with Crippen LogP contribution in [-0.2, 0) is 4.79 Å². The average molecular weight is 178 g/mol. The van der Waals surface area contributed by atoms with E-state index in [-0.39, 0.29) is 6.54 Å². The van der Waals surface area contributed by atoms with Gasteiger partial charge in [-0.3, -0.25) is 0 Å². The van der Waals surface area contributed by atoms with Crippen molar-refractivity contribution in [3.05, 3.63) is 0 Å². The zero-order chi connectivity index (χ0) is 9.98. The molecule has 0 spiro atoms. The molecule has 0 heterocycles. The number of aliphatic hydroxyl groups is 2. The van der Waals surface area contributed by atoms with Crippen LogP contribution in [-0.4, -0.2) is 42.3 Å². The van der Waals surface area contributed by atoms with Crippen LogP contribution in [0.4, 0.5) is 0 Å². The lowest BCUT2D eigenvalue weighted by atomic mass is 10.1. The molecule has 0 bridgehead atoms. The molecule has 0 fully saturated rings. The van der Waals surface area contributed by atoms with Crippen molar-refractivity contribution in [1.82, 2.24) is 0 Å². The molecule has 6 N–H and O–H groups in total. The van der Waals surface area contributed by atoms with Gasteiger partial charge in [-0.25, -0.2) is 0 Å². The number of carbonyl (C=O) groups is 1. The molecule has 0 saturated heterocycles. The van der Waals surface area contributed by atoms with E-state index in [9.17, 15) is 4.79 Å². The van der Waals surface area contributed by atoms with Gasteiger partial charge < -0.3 is 26.5 Å². The molecule has 0 rings (SSSR count). The maximum atomic E-state index is 9.97. The Hall–Kier alpha value is -0.490. The predicted octanol–water partition coefficient (Wildman–Crippen LogP) is -1.78. The fourth-order valence-electron chi connectivity index (χ4n) is 0.571. The number of carbonyl (C=O) groups excluding carboxylic acids is 1. The maximum Gasteiger partial charge on any atom is 0.136 e. The molecule has 0 aromatic carbocycles. The highest BCUT2D eigenvalue weighted by Crippen LogP contribution is 1.96. The fraction of sp³-hybridized carbons (Fsp3) is 0.857. The summed E-state index contributed by atoms with van der Waals surface area (Å²) in [6.07, 6.45) is 1.15. The monoisotopic (exact) mass is 178 g/mol. The van der Waals surface area contributed by atoms with Crippen LogP contribution in [0.25, 0.3) is 0 Å². The summed E-state index contributed by atoms with van der Waals surface area (Å²) in [4.78, 5) is 9.97. The predicted molar refractivity (Wildman–Crippen MR) is 46.5 cm³/mol. The first kappa shape index (κ1) is 14.1. The molecule has 0 aromatic rings. The Morgan fingerprint density at radius 3 is 2.25 bits per heavy atom. The lowest BCUT2D eigenvalue weighted by molar-refractivity contribution is -0.109. The van der Waals surface area contributed by atoms with Gasteiger partial charge in [0.05, 0.1) is 12.1 Å². The second kappa shape index (κ2) is 10.5. The number of hydrogen-bond donors (Lipinski definition) is 4. The molecule has 5 nitrogen and oxygen atoms in total. The molecule has 5 heteroatoms. The van der Waals surface area contributed by atoms with Crippen molar-refractivity contribution >= 4 is 6.29 Å². The van der Waals surface area contributed by atoms with Gasteiger partial charge in [-0.2, -0.15) is 0 Å². The molecule has 0 aliphatic carbocycles. The third-order valence-electron chi connectivity index (χ3n) is 1.28. The lowest BCUT2D eigenvalue weighted by Crippen LogP contribution is -2.26. The molecule has 74 valence electrons. The molecule has 0 aromatic heterocycles. The normalized spacial score (nSPS) is 14.1. The molecule has 2 unspecified atom stereocenters. The molecule has 0 radical (unpaired) electrons. The van der Waals surface area contributed by atoms with Crippen LogP contribution in [0.2, 0.25) is 0 Å². The molecular formula is C7H18N2O3. The third kappa shape index (κ3) is 9.51. The summed E-state index contributed by atoms with van der Waals surface area (Å²) in [5.41, 5.74) is 10.4. The Morgan fingerprint density at radius 2 is 1.92 bits per heavy atom. The van der Waals surface area contributed by atoms with Crippen LogP contribution in [0.1, 0.15) is 12.8 Å². The van der Waals surface area contributed by atoms with Crippen molar-refractivity contribution in [1.29, 1.82) is 0 Å². The largest absolute Gasteiger partial charge is 0.400 e. The molecule has 0 saturated carbocycles. The number of aldehydes is 1. The standard InChI is InChI=1S/C6H14N2O2.CH4O/c7-3-6(10)2-1-5(8)4-9;1-2/h4-6,10H,1-3,7-8H2;2H,1H3. The van der Waals surface area contributed by atoms with E-state index >= 15 is 0 Å². The van der Waals surface area contributed by atoms with Crippen molar-refractivity contribution < 1.29 is 15.0 Å². The van der Waals surface area contributed by atoms with Crippen LogP contribution >= 0.6 is 0 Å². The van der Waals surface area contributed by atoms with Gasteiger partial charge in [-0.05, 0) is 12.8 Å². The van der Waals surface area contributed by atoms with Crippen LogP contribution in [0.5, 0.6) is 0 Å². The summed E-state index contributed by atoms with van der Waals surface area (Å²) in [6, 6.07) is -0.457. The summed E-state index contributed by atoms with van der Waals surface area (Å²) in [6.45, 7) is 0.228. The second-order valence-corrected chi connectivity index (χ2v) is 2.27. The van der Waals surface area contributed by atoms with E-state index in [1.807, 2.05) is 0 Å². The molecule has 0 aliphatic heterocycles. The summed E-state index contributed by atoms with van der Waals surface area (Å²) >= 11 is 0. The summed E-state index contributed by atoms with van der Waals surface area (Å²) in [5.74, 6) is 0.